The molecule has 4 rings (SSSR count). The van der Waals surface area contributed by atoms with Crippen molar-refractivity contribution >= 4 is 28.7 Å². The number of piperidine rings is 1. The minimum atomic E-state index is 0.0543. The Labute approximate surface area is 176 Å². The van der Waals surface area contributed by atoms with Gasteiger partial charge in [-0.25, -0.2) is 9.50 Å². The number of nitrogens with zero attached hydrogens (tertiary/aromatic N) is 4. The molecule has 0 aliphatic carbocycles. The Balaban J connectivity index is 1.54. The van der Waals surface area contributed by atoms with Crippen molar-refractivity contribution in [2.45, 2.75) is 32.7 Å². The van der Waals surface area contributed by atoms with E-state index in [0.29, 0.717) is 24.7 Å². The lowest BCUT2D eigenvalue weighted by atomic mass is 10.1. The molecule has 1 saturated heterocycles. The first-order valence-electron chi connectivity index (χ1n) is 10.7. The molecule has 1 atom stereocenters. The number of fused-ring (bicyclic) bond motifs is 1. The summed E-state index contributed by atoms with van der Waals surface area (Å²) in [5.74, 6) is 0.865. The van der Waals surface area contributed by atoms with Crippen LogP contribution in [-0.2, 0) is 0 Å². The Hall–Kier alpha value is -3.13. The maximum atomic E-state index is 12.5. The predicted molar refractivity (Wildman–Crippen MR) is 119 cm³/mol. The fourth-order valence-electron chi connectivity index (χ4n) is 3.81. The molecule has 30 heavy (non-hydrogen) atoms. The first-order valence-corrected chi connectivity index (χ1v) is 10.7. The standard InChI is InChI=1S/C22H29N7O/c1-3-28(4-2)22(30)16-7-9-17(10-8-16)25-19-14-20(26-18-6-5-11-23-15-18)27-29-13-12-24-21(19)29/h7-10,12-14,18,23,25H,3-6,11,15H2,1-2H3,(H,26,27)/t18-/m0/s1. The molecule has 0 radical (unpaired) electrons. The van der Waals surface area contributed by atoms with E-state index in [9.17, 15) is 4.79 Å². The van der Waals surface area contributed by atoms with E-state index in [-0.39, 0.29) is 5.91 Å². The van der Waals surface area contributed by atoms with Crippen molar-refractivity contribution in [2.24, 2.45) is 0 Å². The highest BCUT2D eigenvalue weighted by Crippen LogP contribution is 2.24. The molecule has 3 heterocycles. The van der Waals surface area contributed by atoms with Crippen LogP contribution in [0.25, 0.3) is 5.65 Å². The molecule has 1 amide bonds. The molecular formula is C22H29N7O. The second-order valence-corrected chi connectivity index (χ2v) is 7.51. The van der Waals surface area contributed by atoms with E-state index in [4.69, 9.17) is 0 Å². The molecule has 8 heteroatoms. The molecule has 1 fully saturated rings. The van der Waals surface area contributed by atoms with Crippen molar-refractivity contribution in [2.75, 3.05) is 36.8 Å². The summed E-state index contributed by atoms with van der Waals surface area (Å²) in [5, 5.41) is 15.0. The van der Waals surface area contributed by atoms with Gasteiger partial charge in [-0.3, -0.25) is 4.79 Å². The highest BCUT2D eigenvalue weighted by molar-refractivity contribution is 5.94. The zero-order valence-electron chi connectivity index (χ0n) is 17.6. The second-order valence-electron chi connectivity index (χ2n) is 7.51. The maximum absolute atomic E-state index is 12.5. The predicted octanol–water partition coefficient (Wildman–Crippen LogP) is 3.12. The summed E-state index contributed by atoms with van der Waals surface area (Å²) in [5.41, 5.74) is 3.21. The van der Waals surface area contributed by atoms with Gasteiger partial charge in [-0.2, -0.15) is 0 Å². The first-order chi connectivity index (χ1) is 14.7. The Bertz CT molecular complexity index is 988. The van der Waals surface area contributed by atoms with E-state index in [1.54, 1.807) is 10.7 Å². The second kappa shape index (κ2) is 9.13. The van der Waals surface area contributed by atoms with E-state index < -0.39 is 0 Å². The quantitative estimate of drug-likeness (QED) is 0.558. The molecule has 1 aromatic carbocycles. The lowest BCUT2D eigenvalue weighted by Crippen LogP contribution is -2.38. The molecule has 158 valence electrons. The van der Waals surface area contributed by atoms with Crippen LogP contribution < -0.4 is 16.0 Å². The number of rotatable bonds is 7. The third-order valence-corrected chi connectivity index (χ3v) is 5.47. The van der Waals surface area contributed by atoms with E-state index >= 15 is 0 Å². The van der Waals surface area contributed by atoms with Gasteiger partial charge in [0, 0.05) is 55.4 Å². The third-order valence-electron chi connectivity index (χ3n) is 5.47. The smallest absolute Gasteiger partial charge is 0.253 e. The van der Waals surface area contributed by atoms with Gasteiger partial charge in [-0.15, -0.1) is 5.10 Å². The van der Waals surface area contributed by atoms with Crippen LogP contribution in [0, 0.1) is 0 Å². The molecule has 1 aliphatic rings. The van der Waals surface area contributed by atoms with Crippen molar-refractivity contribution in [3.63, 3.8) is 0 Å². The average Bonchev–Trinajstić information content (AvgIpc) is 3.25. The number of benzene rings is 1. The van der Waals surface area contributed by atoms with Gasteiger partial charge in [0.05, 0.1) is 5.69 Å². The minimum absolute atomic E-state index is 0.0543. The van der Waals surface area contributed by atoms with Crippen LogP contribution in [0.3, 0.4) is 0 Å². The van der Waals surface area contributed by atoms with Crippen molar-refractivity contribution in [3.05, 3.63) is 48.3 Å². The number of imidazole rings is 1. The van der Waals surface area contributed by atoms with Crippen LogP contribution in [0.1, 0.15) is 37.0 Å². The monoisotopic (exact) mass is 407 g/mol. The van der Waals surface area contributed by atoms with E-state index in [2.05, 4.69) is 26.0 Å². The number of hydrogen-bond acceptors (Lipinski definition) is 6. The molecule has 3 N–H and O–H groups in total. The van der Waals surface area contributed by atoms with E-state index in [1.807, 2.05) is 55.3 Å². The third kappa shape index (κ3) is 4.38. The Kier molecular flexibility index (Phi) is 6.13. The summed E-state index contributed by atoms with van der Waals surface area (Å²) in [4.78, 5) is 18.8. The van der Waals surface area contributed by atoms with Gasteiger partial charge in [0.15, 0.2) is 5.65 Å². The molecule has 1 aliphatic heterocycles. The number of carbonyl (C=O) groups is 1. The molecule has 0 unspecified atom stereocenters. The van der Waals surface area contributed by atoms with Crippen LogP contribution in [0.15, 0.2) is 42.7 Å². The molecule has 0 bridgehead atoms. The lowest BCUT2D eigenvalue weighted by molar-refractivity contribution is 0.0773. The van der Waals surface area contributed by atoms with Gasteiger partial charge >= 0.3 is 0 Å². The number of hydrogen-bond donors (Lipinski definition) is 3. The molecular weight excluding hydrogens is 378 g/mol. The molecule has 0 spiro atoms. The van der Waals surface area contributed by atoms with Crippen molar-refractivity contribution < 1.29 is 4.79 Å². The largest absolute Gasteiger partial charge is 0.365 e. The minimum Gasteiger partial charge on any atom is -0.365 e. The zero-order valence-corrected chi connectivity index (χ0v) is 17.6. The average molecular weight is 408 g/mol. The Morgan fingerprint density at radius 3 is 2.77 bits per heavy atom. The number of amides is 1. The van der Waals surface area contributed by atoms with E-state index in [1.165, 1.54) is 0 Å². The SMILES string of the molecule is CCN(CC)C(=O)c1ccc(Nc2cc(N[C@H]3CCCNC3)nn3ccnc23)cc1. The maximum Gasteiger partial charge on any atom is 0.253 e. The molecule has 2 aromatic heterocycles. The summed E-state index contributed by atoms with van der Waals surface area (Å²) in [7, 11) is 0. The Morgan fingerprint density at radius 1 is 1.27 bits per heavy atom. The van der Waals surface area contributed by atoms with Crippen molar-refractivity contribution in [3.8, 4) is 0 Å². The number of nitrogens with one attached hydrogen (secondary N) is 3. The van der Waals surface area contributed by atoms with Crippen LogP contribution in [0.4, 0.5) is 17.2 Å². The summed E-state index contributed by atoms with van der Waals surface area (Å²) in [6.07, 6.45) is 5.87. The van der Waals surface area contributed by atoms with Crippen LogP contribution in [0.2, 0.25) is 0 Å². The summed E-state index contributed by atoms with van der Waals surface area (Å²) >= 11 is 0. The molecule has 8 nitrogen and oxygen atoms in total. The molecule has 3 aromatic rings. The van der Waals surface area contributed by atoms with Crippen molar-refractivity contribution in [1.29, 1.82) is 0 Å². The van der Waals surface area contributed by atoms with Crippen LogP contribution in [-0.4, -0.2) is 57.6 Å². The van der Waals surface area contributed by atoms with Gasteiger partial charge in [-0.05, 0) is 57.5 Å². The van der Waals surface area contributed by atoms with Gasteiger partial charge in [0.1, 0.15) is 5.82 Å². The zero-order chi connectivity index (χ0) is 20.9. The van der Waals surface area contributed by atoms with Gasteiger partial charge in [0.2, 0.25) is 0 Å². The highest BCUT2D eigenvalue weighted by Gasteiger charge is 2.16. The summed E-state index contributed by atoms with van der Waals surface area (Å²) in [6, 6.07) is 9.93. The van der Waals surface area contributed by atoms with Crippen LogP contribution >= 0.6 is 0 Å². The van der Waals surface area contributed by atoms with Gasteiger partial charge < -0.3 is 20.9 Å². The van der Waals surface area contributed by atoms with Gasteiger partial charge in [0.25, 0.3) is 5.91 Å². The number of carbonyl (C=O) groups excluding carboxylic acids is 1. The van der Waals surface area contributed by atoms with Gasteiger partial charge in [-0.1, -0.05) is 0 Å². The summed E-state index contributed by atoms with van der Waals surface area (Å²) < 4.78 is 1.78. The number of aromatic nitrogens is 3. The normalized spacial score (nSPS) is 16.4. The fraction of sp³-hybridized carbons (Fsp3) is 0.409. The van der Waals surface area contributed by atoms with Crippen molar-refractivity contribution in [1.82, 2.24) is 24.8 Å². The highest BCUT2D eigenvalue weighted by atomic mass is 16.2. The van der Waals surface area contributed by atoms with Crippen LogP contribution in [0.5, 0.6) is 0 Å². The first kappa shape index (κ1) is 20.2. The molecule has 0 saturated carbocycles. The Morgan fingerprint density at radius 2 is 2.07 bits per heavy atom. The van der Waals surface area contributed by atoms with E-state index in [0.717, 1.165) is 48.8 Å². The lowest BCUT2D eigenvalue weighted by Gasteiger charge is -2.24. The summed E-state index contributed by atoms with van der Waals surface area (Å²) in [6.45, 7) is 7.41. The topological polar surface area (TPSA) is 86.6 Å². The fourth-order valence-corrected chi connectivity index (χ4v) is 3.81. The number of anilines is 3.